The van der Waals surface area contributed by atoms with Crippen molar-refractivity contribution in [1.29, 1.82) is 0 Å². The van der Waals surface area contributed by atoms with Crippen molar-refractivity contribution in [2.75, 3.05) is 38.4 Å². The molecule has 0 N–H and O–H groups in total. The molecule has 2 rings (SSSR count). The van der Waals surface area contributed by atoms with E-state index < -0.39 is 0 Å². The van der Waals surface area contributed by atoms with Crippen molar-refractivity contribution in [3.8, 4) is 0 Å². The Morgan fingerprint density at radius 2 is 2.71 bits per heavy atom. The zero-order valence-corrected chi connectivity index (χ0v) is 9.00. The standard InChI is InChI=1S/C9H14N2O2S/c1-12-6-8-7-13-4-3-11(8)9-10-2-5-14-9/h2,5,8H,3-4,6-7H2,1H3/t8-/m0/s1. The van der Waals surface area contributed by atoms with Crippen LogP contribution in [0.2, 0.25) is 0 Å². The fraction of sp³-hybridized carbons (Fsp3) is 0.667. The van der Waals surface area contributed by atoms with E-state index in [1.54, 1.807) is 18.4 Å². The lowest BCUT2D eigenvalue weighted by atomic mass is 10.2. The molecule has 0 amide bonds. The van der Waals surface area contributed by atoms with Crippen molar-refractivity contribution in [1.82, 2.24) is 4.98 Å². The minimum Gasteiger partial charge on any atom is -0.382 e. The molecule has 0 unspecified atom stereocenters. The van der Waals surface area contributed by atoms with Crippen molar-refractivity contribution in [3.05, 3.63) is 11.6 Å². The third-order valence-corrected chi connectivity index (χ3v) is 3.06. The molecule has 1 atom stereocenters. The molecule has 2 heterocycles. The first kappa shape index (κ1) is 9.89. The third-order valence-electron chi connectivity index (χ3n) is 2.25. The van der Waals surface area contributed by atoms with Gasteiger partial charge in [-0.3, -0.25) is 0 Å². The van der Waals surface area contributed by atoms with E-state index in [4.69, 9.17) is 9.47 Å². The van der Waals surface area contributed by atoms with Gasteiger partial charge in [-0.05, 0) is 0 Å². The van der Waals surface area contributed by atoms with Crippen molar-refractivity contribution in [3.63, 3.8) is 0 Å². The highest BCUT2D eigenvalue weighted by Crippen LogP contribution is 2.21. The Labute approximate surface area is 87.5 Å². The largest absolute Gasteiger partial charge is 0.382 e. The van der Waals surface area contributed by atoms with Gasteiger partial charge in [0.1, 0.15) is 0 Å². The number of rotatable bonds is 3. The van der Waals surface area contributed by atoms with Gasteiger partial charge in [-0.2, -0.15) is 0 Å². The van der Waals surface area contributed by atoms with Gasteiger partial charge in [0.25, 0.3) is 0 Å². The van der Waals surface area contributed by atoms with Crippen molar-refractivity contribution < 1.29 is 9.47 Å². The van der Waals surface area contributed by atoms with E-state index >= 15 is 0 Å². The highest BCUT2D eigenvalue weighted by atomic mass is 32.1. The molecule has 0 aliphatic carbocycles. The minimum absolute atomic E-state index is 0.305. The lowest BCUT2D eigenvalue weighted by molar-refractivity contribution is 0.0602. The van der Waals surface area contributed by atoms with Gasteiger partial charge in [-0.1, -0.05) is 0 Å². The van der Waals surface area contributed by atoms with E-state index in [2.05, 4.69) is 9.88 Å². The van der Waals surface area contributed by atoms with Gasteiger partial charge in [0.2, 0.25) is 0 Å². The molecule has 78 valence electrons. The molecular formula is C9H14N2O2S. The Morgan fingerprint density at radius 3 is 3.43 bits per heavy atom. The maximum atomic E-state index is 5.42. The minimum atomic E-state index is 0.305. The third kappa shape index (κ3) is 2.05. The van der Waals surface area contributed by atoms with Gasteiger partial charge >= 0.3 is 0 Å². The molecule has 0 spiro atoms. The first-order chi connectivity index (χ1) is 6.92. The average molecular weight is 214 g/mol. The van der Waals surface area contributed by atoms with Crippen molar-refractivity contribution in [2.45, 2.75) is 6.04 Å². The molecule has 4 nitrogen and oxygen atoms in total. The molecule has 1 aliphatic rings. The summed E-state index contributed by atoms with van der Waals surface area (Å²) in [5.74, 6) is 0. The normalized spacial score (nSPS) is 22.6. The summed E-state index contributed by atoms with van der Waals surface area (Å²) in [5.41, 5.74) is 0. The highest BCUT2D eigenvalue weighted by molar-refractivity contribution is 7.13. The van der Waals surface area contributed by atoms with Gasteiger partial charge in [0, 0.05) is 25.2 Å². The van der Waals surface area contributed by atoms with Crippen LogP contribution in [0.25, 0.3) is 0 Å². The van der Waals surface area contributed by atoms with Crippen LogP contribution in [-0.4, -0.2) is 44.5 Å². The molecule has 0 aromatic carbocycles. The van der Waals surface area contributed by atoms with Crippen LogP contribution < -0.4 is 4.90 Å². The van der Waals surface area contributed by atoms with Crippen LogP contribution in [0.3, 0.4) is 0 Å². The fourth-order valence-electron chi connectivity index (χ4n) is 1.59. The summed E-state index contributed by atoms with van der Waals surface area (Å²) in [4.78, 5) is 6.57. The van der Waals surface area contributed by atoms with Crippen LogP contribution >= 0.6 is 11.3 Å². The van der Waals surface area contributed by atoms with Crippen LogP contribution in [0, 0.1) is 0 Å². The second-order valence-corrected chi connectivity index (χ2v) is 4.07. The summed E-state index contributed by atoms with van der Waals surface area (Å²) < 4.78 is 10.6. The number of anilines is 1. The summed E-state index contributed by atoms with van der Waals surface area (Å²) in [6, 6.07) is 0.305. The predicted octanol–water partition coefficient (Wildman–Crippen LogP) is 0.995. The molecule has 0 bridgehead atoms. The topological polar surface area (TPSA) is 34.6 Å². The first-order valence-corrected chi connectivity index (χ1v) is 5.52. The van der Waals surface area contributed by atoms with E-state index in [9.17, 15) is 0 Å². The molecule has 1 aromatic rings. The van der Waals surface area contributed by atoms with Gasteiger partial charge in [0.05, 0.1) is 25.9 Å². The summed E-state index contributed by atoms with van der Waals surface area (Å²) >= 11 is 1.66. The summed E-state index contributed by atoms with van der Waals surface area (Å²) in [6.07, 6.45) is 1.83. The maximum Gasteiger partial charge on any atom is 0.185 e. The quantitative estimate of drug-likeness (QED) is 0.751. The van der Waals surface area contributed by atoms with Crippen LogP contribution in [0.1, 0.15) is 0 Å². The predicted molar refractivity (Wildman–Crippen MR) is 55.9 cm³/mol. The van der Waals surface area contributed by atoms with Crippen LogP contribution in [-0.2, 0) is 9.47 Å². The van der Waals surface area contributed by atoms with E-state index in [0.29, 0.717) is 12.6 Å². The zero-order chi connectivity index (χ0) is 9.80. The molecule has 1 fully saturated rings. The number of ether oxygens (including phenoxy) is 2. The van der Waals surface area contributed by atoms with Gasteiger partial charge < -0.3 is 14.4 Å². The van der Waals surface area contributed by atoms with Gasteiger partial charge in [0.15, 0.2) is 5.13 Å². The molecule has 1 aromatic heterocycles. The highest BCUT2D eigenvalue weighted by Gasteiger charge is 2.24. The number of hydrogen-bond donors (Lipinski definition) is 0. The number of nitrogens with zero attached hydrogens (tertiary/aromatic N) is 2. The SMILES string of the molecule is COC[C@H]1COCCN1c1nccs1. The Hall–Kier alpha value is -0.650. The maximum absolute atomic E-state index is 5.42. The van der Waals surface area contributed by atoms with E-state index in [-0.39, 0.29) is 0 Å². The zero-order valence-electron chi connectivity index (χ0n) is 8.18. The molecular weight excluding hydrogens is 200 g/mol. The van der Waals surface area contributed by atoms with Crippen LogP contribution in [0.15, 0.2) is 11.6 Å². The number of hydrogen-bond acceptors (Lipinski definition) is 5. The lowest BCUT2D eigenvalue weighted by Gasteiger charge is -2.34. The Balaban J connectivity index is 2.06. The van der Waals surface area contributed by atoms with E-state index in [1.165, 1.54) is 0 Å². The second kappa shape index (κ2) is 4.72. The smallest absolute Gasteiger partial charge is 0.185 e. The average Bonchev–Trinajstić information content (AvgIpc) is 2.72. The molecule has 0 radical (unpaired) electrons. The summed E-state index contributed by atoms with van der Waals surface area (Å²) in [7, 11) is 1.72. The first-order valence-electron chi connectivity index (χ1n) is 4.64. The molecule has 0 saturated carbocycles. The van der Waals surface area contributed by atoms with E-state index in [0.717, 1.165) is 24.9 Å². The molecule has 1 saturated heterocycles. The Kier molecular flexibility index (Phi) is 3.34. The summed E-state index contributed by atoms with van der Waals surface area (Å²) in [6.45, 7) is 3.11. The Morgan fingerprint density at radius 1 is 1.79 bits per heavy atom. The van der Waals surface area contributed by atoms with Gasteiger partial charge in [-0.25, -0.2) is 4.98 Å². The Bertz CT molecular complexity index is 264. The number of morpholine rings is 1. The van der Waals surface area contributed by atoms with Gasteiger partial charge in [-0.15, -0.1) is 11.3 Å². The second-order valence-electron chi connectivity index (χ2n) is 3.19. The monoisotopic (exact) mass is 214 g/mol. The van der Waals surface area contributed by atoms with Crippen LogP contribution in [0.4, 0.5) is 5.13 Å². The van der Waals surface area contributed by atoms with Crippen molar-refractivity contribution >= 4 is 16.5 Å². The summed E-state index contributed by atoms with van der Waals surface area (Å²) in [5, 5.41) is 3.06. The van der Waals surface area contributed by atoms with Crippen LogP contribution in [0.5, 0.6) is 0 Å². The number of aromatic nitrogens is 1. The fourth-order valence-corrected chi connectivity index (χ4v) is 2.34. The number of methoxy groups -OCH3 is 1. The molecule has 5 heteroatoms. The lowest BCUT2D eigenvalue weighted by Crippen LogP contribution is -2.48. The molecule has 1 aliphatic heterocycles. The van der Waals surface area contributed by atoms with E-state index in [1.807, 2.05) is 11.6 Å². The van der Waals surface area contributed by atoms with Crippen molar-refractivity contribution in [2.24, 2.45) is 0 Å². The number of thiazole rings is 1. The molecule has 14 heavy (non-hydrogen) atoms.